The number of hydrogen-bond donors (Lipinski definition) is 3. The van der Waals surface area contributed by atoms with Gasteiger partial charge in [0.15, 0.2) is 0 Å². The van der Waals surface area contributed by atoms with Crippen molar-refractivity contribution in [3.8, 4) is 5.75 Å². The van der Waals surface area contributed by atoms with Crippen molar-refractivity contribution in [3.05, 3.63) is 65.7 Å². The van der Waals surface area contributed by atoms with Gasteiger partial charge in [0.2, 0.25) is 0 Å². The first kappa shape index (κ1) is 40.4. The molecular weight excluding hydrogens is 671 g/mol. The van der Waals surface area contributed by atoms with Crippen LogP contribution >= 0.6 is 8.46 Å². The van der Waals surface area contributed by atoms with Crippen molar-refractivity contribution < 1.29 is 53.3 Å². The fourth-order valence-electron chi connectivity index (χ4n) is 5.63. The monoisotopic (exact) mass is 719 g/mol. The highest BCUT2D eigenvalue weighted by Gasteiger charge is 2.29. The topological polar surface area (TPSA) is 187 Å². The summed E-state index contributed by atoms with van der Waals surface area (Å²) in [5.41, 5.74) is 1.75. The minimum absolute atomic E-state index is 0.0871. The van der Waals surface area contributed by atoms with Gasteiger partial charge in [-0.1, -0.05) is 47.0 Å². The van der Waals surface area contributed by atoms with Crippen LogP contribution in [0.1, 0.15) is 29.9 Å². The number of carbonyl (C=O) groups is 4. The van der Waals surface area contributed by atoms with Crippen molar-refractivity contribution in [2.75, 3.05) is 85.7 Å². The van der Waals surface area contributed by atoms with E-state index < -0.39 is 32.3 Å². The molecule has 1 fully saturated rings. The van der Waals surface area contributed by atoms with E-state index >= 15 is 0 Å². The quantitative estimate of drug-likeness (QED) is 0.150. The van der Waals surface area contributed by atoms with E-state index in [1.165, 1.54) is 0 Å². The molecule has 0 bridgehead atoms. The molecule has 1 aliphatic heterocycles. The Balaban J connectivity index is 1.72. The van der Waals surface area contributed by atoms with Gasteiger partial charge in [0.1, 0.15) is 12.4 Å². The average molecular weight is 720 g/mol. The smallest absolute Gasteiger partial charge is 0.373 e. The number of nitrogens with zero attached hydrogens (tertiary/aromatic N) is 4. The zero-order valence-electron chi connectivity index (χ0n) is 28.4. The summed E-state index contributed by atoms with van der Waals surface area (Å²) in [6.45, 7) is 1.61. The molecule has 0 saturated carbocycles. The molecule has 3 atom stereocenters. The maximum absolute atomic E-state index is 12.9. The number of hydrogen-bond acceptors (Lipinski definition) is 12. The van der Waals surface area contributed by atoms with Crippen molar-refractivity contribution in [1.82, 2.24) is 19.6 Å². The number of methoxy groups -OCH3 is 1. The first-order valence-corrected chi connectivity index (χ1v) is 17.4. The Bertz CT molecular complexity index is 1340. The van der Waals surface area contributed by atoms with Crippen LogP contribution < -0.4 is 4.74 Å². The van der Waals surface area contributed by atoms with Crippen LogP contribution in [-0.4, -0.2) is 150 Å². The summed E-state index contributed by atoms with van der Waals surface area (Å²) in [7, 11) is 0.655. The van der Waals surface area contributed by atoms with Crippen molar-refractivity contribution >= 4 is 32.3 Å². The van der Waals surface area contributed by atoms with Crippen LogP contribution in [0.3, 0.4) is 0 Å². The Kier molecular flexibility index (Phi) is 17.8. The molecule has 0 spiro atoms. The normalized spacial score (nSPS) is 17.2. The van der Waals surface area contributed by atoms with Crippen molar-refractivity contribution in [2.24, 2.45) is 0 Å². The molecule has 0 amide bonds. The molecule has 2 aromatic rings. The van der Waals surface area contributed by atoms with Crippen molar-refractivity contribution in [3.63, 3.8) is 0 Å². The van der Waals surface area contributed by atoms with Gasteiger partial charge in [0.25, 0.3) is 0 Å². The summed E-state index contributed by atoms with van der Waals surface area (Å²) in [6, 6.07) is 16.7. The number of aliphatic carboxylic acids is 3. The number of carboxylic acids is 3. The Morgan fingerprint density at radius 3 is 1.70 bits per heavy atom. The van der Waals surface area contributed by atoms with Crippen LogP contribution in [0, 0.1) is 0 Å². The Hall–Kier alpha value is -3.98. The summed E-state index contributed by atoms with van der Waals surface area (Å²) in [5.74, 6) is -3.97. The van der Waals surface area contributed by atoms with Crippen LogP contribution in [0.25, 0.3) is 0 Å². The maximum Gasteiger partial charge on any atom is 0.373 e. The second kappa shape index (κ2) is 22.0. The molecule has 0 radical (unpaired) electrons. The standard InChI is InChI=1S/C34H47N4O11P/c1-47-29-9-7-27(8-10-29)28(21-33(45)49-25-26-5-3-2-4-6-26)11-20-48-34(50-46)38-18-16-36(23-31(41)42)14-12-35(22-30(39)40)13-15-37(17-19-38)24-32(43)44/h2-10,28,34H,11-25H2,1H3,(H,39,40)(H,41,42)(H,43,44)/p+1. The van der Waals surface area contributed by atoms with Crippen LogP contribution in [0.5, 0.6) is 5.75 Å². The van der Waals surface area contributed by atoms with Crippen LogP contribution in [0.4, 0.5) is 0 Å². The highest BCUT2D eigenvalue weighted by Crippen LogP contribution is 2.27. The third-order valence-electron chi connectivity index (χ3n) is 8.37. The highest BCUT2D eigenvalue weighted by molar-refractivity contribution is 7.24. The first-order chi connectivity index (χ1) is 24.1. The highest BCUT2D eigenvalue weighted by atomic mass is 31.1. The number of esters is 1. The van der Waals surface area contributed by atoms with E-state index in [0.717, 1.165) is 11.1 Å². The van der Waals surface area contributed by atoms with Crippen LogP contribution in [0.15, 0.2) is 54.6 Å². The molecule has 3 unspecified atom stereocenters. The Labute approximate surface area is 293 Å². The summed E-state index contributed by atoms with van der Waals surface area (Å²) in [6.07, 6.45) is 0.487. The number of rotatable bonds is 18. The van der Waals surface area contributed by atoms with Gasteiger partial charge in [0, 0.05) is 52.4 Å². The molecule has 1 saturated heterocycles. The Morgan fingerprint density at radius 2 is 1.24 bits per heavy atom. The summed E-state index contributed by atoms with van der Waals surface area (Å²) < 4.78 is 29.6. The lowest BCUT2D eigenvalue weighted by Gasteiger charge is -2.33. The van der Waals surface area contributed by atoms with Gasteiger partial charge in [-0.25, -0.2) is 4.90 Å². The SMILES string of the molecule is COc1ccc(C(CCOC([PH+]=O)N2CCN(CC(=O)O)CCN(CC(=O)O)CCN(CC(=O)O)CC2)CC(=O)OCc2ccccc2)cc1. The molecular formula is C34H48N4O11P+. The van der Waals surface area contributed by atoms with Gasteiger partial charge in [-0.3, -0.25) is 33.9 Å². The number of carboxylic acid groups (broad SMARTS) is 3. The van der Waals surface area contributed by atoms with E-state index in [1.807, 2.05) is 59.5 Å². The second-order valence-corrected chi connectivity index (χ2v) is 12.7. The maximum atomic E-state index is 12.9. The third kappa shape index (κ3) is 15.3. The molecule has 1 heterocycles. The third-order valence-corrected chi connectivity index (χ3v) is 9.10. The predicted molar refractivity (Wildman–Crippen MR) is 184 cm³/mol. The van der Waals surface area contributed by atoms with E-state index in [0.29, 0.717) is 12.2 Å². The molecule has 3 N–H and O–H groups in total. The average Bonchev–Trinajstić information content (AvgIpc) is 3.09. The minimum atomic E-state index is -1.04. The van der Waals surface area contributed by atoms with Gasteiger partial charge in [0.05, 0.1) is 39.8 Å². The van der Waals surface area contributed by atoms with E-state index in [9.17, 15) is 39.1 Å². The van der Waals surface area contributed by atoms with Crippen LogP contribution in [-0.2, 0) is 39.8 Å². The molecule has 0 aromatic heterocycles. The summed E-state index contributed by atoms with van der Waals surface area (Å²) in [5, 5.41) is 28.4. The lowest BCUT2D eigenvalue weighted by molar-refractivity contribution is -0.145. The number of carbonyl (C=O) groups excluding carboxylic acids is 1. The second-order valence-electron chi connectivity index (χ2n) is 12.0. The van der Waals surface area contributed by atoms with Crippen molar-refractivity contribution in [1.29, 1.82) is 0 Å². The zero-order chi connectivity index (χ0) is 36.3. The molecule has 16 heteroatoms. The molecule has 2 aromatic carbocycles. The summed E-state index contributed by atoms with van der Waals surface area (Å²) in [4.78, 5) is 54.5. The number of benzene rings is 2. The minimum Gasteiger partial charge on any atom is -0.497 e. The van der Waals surface area contributed by atoms with Crippen LogP contribution in [0.2, 0.25) is 0 Å². The molecule has 0 aliphatic carbocycles. The largest absolute Gasteiger partial charge is 0.497 e. The fourth-order valence-corrected chi connectivity index (χ4v) is 6.23. The molecule has 1 aliphatic rings. The Morgan fingerprint density at radius 1 is 0.740 bits per heavy atom. The molecule has 3 rings (SSSR count). The first-order valence-electron chi connectivity index (χ1n) is 16.5. The van der Waals surface area contributed by atoms with E-state index in [-0.39, 0.29) is 104 Å². The predicted octanol–water partition coefficient (Wildman–Crippen LogP) is 2.10. The lowest BCUT2D eigenvalue weighted by atomic mass is 9.93. The number of ether oxygens (including phenoxy) is 3. The van der Waals surface area contributed by atoms with E-state index in [1.54, 1.807) is 21.8 Å². The molecule has 15 nitrogen and oxygen atoms in total. The lowest BCUT2D eigenvalue weighted by Crippen LogP contribution is -2.50. The van der Waals surface area contributed by atoms with Gasteiger partial charge in [-0.2, -0.15) is 0 Å². The van der Waals surface area contributed by atoms with E-state index in [2.05, 4.69) is 0 Å². The molecule has 50 heavy (non-hydrogen) atoms. The van der Waals surface area contributed by atoms with Gasteiger partial charge in [-0.05, 0) is 35.6 Å². The van der Waals surface area contributed by atoms with E-state index in [4.69, 9.17) is 14.2 Å². The van der Waals surface area contributed by atoms with Gasteiger partial charge in [-0.15, -0.1) is 0 Å². The van der Waals surface area contributed by atoms with Crippen molar-refractivity contribution in [2.45, 2.75) is 31.3 Å². The zero-order valence-corrected chi connectivity index (χ0v) is 29.4. The summed E-state index contributed by atoms with van der Waals surface area (Å²) >= 11 is 0. The van der Waals surface area contributed by atoms with Gasteiger partial charge < -0.3 is 29.5 Å². The fraction of sp³-hybridized carbons (Fsp3) is 0.529. The van der Waals surface area contributed by atoms with Gasteiger partial charge >= 0.3 is 38.3 Å². The molecule has 274 valence electrons.